The lowest BCUT2D eigenvalue weighted by Crippen LogP contribution is -2.04. The van der Waals surface area contributed by atoms with Crippen LogP contribution in [0.25, 0.3) is 0 Å². The number of rotatable bonds is 3. The molecule has 0 unspecified atom stereocenters. The molecule has 1 rings (SSSR count). The largest absolute Gasteiger partial charge is 0.387 e. The van der Waals surface area contributed by atoms with Gasteiger partial charge in [-0.3, -0.25) is 4.79 Å². The highest BCUT2D eigenvalue weighted by atomic mass is 32.2. The zero-order chi connectivity index (χ0) is 11.6. The Morgan fingerprint density at radius 3 is 2.33 bits per heavy atom. The number of sulfone groups is 1. The topological polar surface area (TPSA) is 63.2 Å². The number of carbonyl (C=O) groups is 1. The Morgan fingerprint density at radius 1 is 1.33 bits per heavy atom. The predicted octanol–water partition coefficient (Wildman–Crippen LogP) is 1.33. The van der Waals surface area contributed by atoms with Gasteiger partial charge in [0.1, 0.15) is 0 Å². The van der Waals surface area contributed by atoms with Gasteiger partial charge in [0, 0.05) is 24.6 Å². The smallest absolute Gasteiger partial charge is 0.175 e. The van der Waals surface area contributed by atoms with Gasteiger partial charge >= 0.3 is 0 Å². The second-order valence-electron chi connectivity index (χ2n) is 3.29. The molecule has 15 heavy (non-hydrogen) atoms. The summed E-state index contributed by atoms with van der Waals surface area (Å²) < 4.78 is 22.5. The molecule has 0 saturated heterocycles. The van der Waals surface area contributed by atoms with Gasteiger partial charge in [-0.25, -0.2) is 8.42 Å². The molecular weight excluding hydrogens is 214 g/mol. The monoisotopic (exact) mass is 227 g/mol. The molecule has 0 aliphatic carbocycles. The Kier molecular flexibility index (Phi) is 3.14. The van der Waals surface area contributed by atoms with Gasteiger partial charge in [0.15, 0.2) is 15.6 Å². The lowest BCUT2D eigenvalue weighted by Gasteiger charge is -2.07. The number of Topliss-reactive ketones (excluding diaryl/α,β-unsaturated/α-hetero) is 1. The van der Waals surface area contributed by atoms with E-state index in [1.165, 1.54) is 25.1 Å². The van der Waals surface area contributed by atoms with Crippen molar-refractivity contribution >= 4 is 21.3 Å². The molecule has 0 atom stereocenters. The molecule has 0 saturated carbocycles. The number of ketones is 1. The second-order valence-corrected chi connectivity index (χ2v) is 5.30. The maximum Gasteiger partial charge on any atom is 0.175 e. The summed E-state index contributed by atoms with van der Waals surface area (Å²) in [5.41, 5.74) is 1.02. The Labute approximate surface area is 89.2 Å². The van der Waals surface area contributed by atoms with Gasteiger partial charge in [0.05, 0.1) is 4.90 Å². The van der Waals surface area contributed by atoms with Crippen LogP contribution in [0.5, 0.6) is 0 Å². The van der Waals surface area contributed by atoms with Crippen molar-refractivity contribution in [2.75, 3.05) is 18.6 Å². The van der Waals surface area contributed by atoms with E-state index in [-0.39, 0.29) is 10.7 Å². The lowest BCUT2D eigenvalue weighted by molar-refractivity contribution is 0.101. The fourth-order valence-corrected chi connectivity index (χ4v) is 1.92. The summed E-state index contributed by atoms with van der Waals surface area (Å²) in [7, 11) is -1.58. The van der Waals surface area contributed by atoms with E-state index in [2.05, 4.69) is 5.32 Å². The minimum Gasteiger partial charge on any atom is -0.387 e. The molecule has 0 fully saturated rings. The van der Waals surface area contributed by atoms with Crippen molar-refractivity contribution in [1.82, 2.24) is 0 Å². The lowest BCUT2D eigenvalue weighted by atomic mass is 10.1. The van der Waals surface area contributed by atoms with Crippen LogP contribution in [0.2, 0.25) is 0 Å². The third-order valence-corrected chi connectivity index (χ3v) is 3.18. The van der Waals surface area contributed by atoms with Crippen molar-refractivity contribution in [2.45, 2.75) is 11.8 Å². The number of carbonyl (C=O) groups excluding carboxylic acids is 1. The van der Waals surface area contributed by atoms with Gasteiger partial charge in [-0.15, -0.1) is 0 Å². The molecular formula is C10H13NO3S. The van der Waals surface area contributed by atoms with Crippen LogP contribution in [0.3, 0.4) is 0 Å². The Hall–Kier alpha value is -1.36. The maximum absolute atomic E-state index is 11.3. The highest BCUT2D eigenvalue weighted by molar-refractivity contribution is 7.90. The minimum atomic E-state index is -3.23. The molecule has 1 N–H and O–H groups in total. The predicted molar refractivity (Wildman–Crippen MR) is 59.1 cm³/mol. The Balaban J connectivity index is 3.38. The van der Waals surface area contributed by atoms with Crippen LogP contribution < -0.4 is 5.32 Å². The van der Waals surface area contributed by atoms with E-state index in [0.717, 1.165) is 6.26 Å². The van der Waals surface area contributed by atoms with Crippen molar-refractivity contribution in [3.63, 3.8) is 0 Å². The van der Waals surface area contributed by atoms with E-state index in [0.29, 0.717) is 11.3 Å². The quantitative estimate of drug-likeness (QED) is 0.791. The van der Waals surface area contributed by atoms with Crippen LogP contribution in [0.1, 0.15) is 17.3 Å². The molecule has 1 aromatic rings. The third-order valence-electron chi connectivity index (χ3n) is 2.07. The first-order valence-corrected chi connectivity index (χ1v) is 6.28. The summed E-state index contributed by atoms with van der Waals surface area (Å²) in [4.78, 5) is 11.4. The van der Waals surface area contributed by atoms with Crippen molar-refractivity contribution < 1.29 is 13.2 Å². The van der Waals surface area contributed by atoms with E-state index >= 15 is 0 Å². The van der Waals surface area contributed by atoms with Crippen molar-refractivity contribution in [3.8, 4) is 0 Å². The maximum atomic E-state index is 11.3. The first-order chi connectivity index (χ1) is 6.86. The van der Waals surface area contributed by atoms with Gasteiger partial charge in [0.25, 0.3) is 0 Å². The van der Waals surface area contributed by atoms with E-state index in [4.69, 9.17) is 0 Å². The molecule has 0 radical (unpaired) electrons. The number of hydrogen-bond acceptors (Lipinski definition) is 4. The van der Waals surface area contributed by atoms with Crippen LogP contribution in [0, 0.1) is 0 Å². The van der Waals surface area contributed by atoms with E-state index in [1.807, 2.05) is 0 Å². The highest BCUT2D eigenvalue weighted by Gasteiger charge is 2.12. The van der Waals surface area contributed by atoms with Crippen LogP contribution in [-0.4, -0.2) is 27.5 Å². The molecule has 0 bridgehead atoms. The summed E-state index contributed by atoms with van der Waals surface area (Å²) in [6.45, 7) is 1.44. The van der Waals surface area contributed by atoms with Crippen molar-refractivity contribution in [2.24, 2.45) is 0 Å². The second kappa shape index (κ2) is 4.02. The van der Waals surface area contributed by atoms with E-state index in [9.17, 15) is 13.2 Å². The van der Waals surface area contributed by atoms with Gasteiger partial charge < -0.3 is 5.32 Å². The fourth-order valence-electron chi connectivity index (χ4n) is 1.27. The summed E-state index contributed by atoms with van der Waals surface area (Å²) in [5.74, 6) is -0.0978. The summed E-state index contributed by atoms with van der Waals surface area (Å²) in [6.07, 6.45) is 1.13. The number of hydrogen-bond donors (Lipinski definition) is 1. The summed E-state index contributed by atoms with van der Waals surface area (Å²) in [6, 6.07) is 4.42. The van der Waals surface area contributed by atoms with E-state index < -0.39 is 9.84 Å². The normalized spacial score (nSPS) is 11.1. The average Bonchev–Trinajstić information content (AvgIpc) is 2.15. The highest BCUT2D eigenvalue weighted by Crippen LogP contribution is 2.20. The molecule has 0 aromatic heterocycles. The third kappa shape index (κ3) is 2.56. The molecule has 0 aliphatic rings. The average molecular weight is 227 g/mol. The molecule has 0 amide bonds. The molecule has 5 heteroatoms. The molecule has 4 nitrogen and oxygen atoms in total. The SMILES string of the molecule is CNc1cc(S(C)(=O)=O)ccc1C(C)=O. The van der Waals surface area contributed by atoms with Gasteiger partial charge in [-0.2, -0.15) is 0 Å². The first kappa shape index (κ1) is 11.7. The summed E-state index contributed by atoms with van der Waals surface area (Å²) in [5, 5.41) is 2.80. The van der Waals surface area contributed by atoms with Crippen LogP contribution >= 0.6 is 0 Å². The Bertz CT molecular complexity index is 491. The standard InChI is InChI=1S/C10H13NO3S/c1-7(12)9-5-4-8(15(3,13)14)6-10(9)11-2/h4-6,11H,1-3H3. The Morgan fingerprint density at radius 2 is 1.93 bits per heavy atom. The molecule has 0 aliphatic heterocycles. The minimum absolute atomic E-state index is 0.0978. The van der Waals surface area contributed by atoms with Gasteiger partial charge in [-0.05, 0) is 25.1 Å². The van der Waals surface area contributed by atoms with Crippen LogP contribution in [-0.2, 0) is 9.84 Å². The zero-order valence-electron chi connectivity index (χ0n) is 8.87. The summed E-state index contributed by atoms with van der Waals surface area (Å²) >= 11 is 0. The van der Waals surface area contributed by atoms with Crippen LogP contribution in [0.15, 0.2) is 23.1 Å². The van der Waals surface area contributed by atoms with E-state index in [1.54, 1.807) is 7.05 Å². The number of anilines is 1. The number of benzene rings is 1. The van der Waals surface area contributed by atoms with Crippen molar-refractivity contribution in [1.29, 1.82) is 0 Å². The zero-order valence-corrected chi connectivity index (χ0v) is 9.68. The molecule has 0 spiro atoms. The molecule has 0 heterocycles. The van der Waals surface area contributed by atoms with Gasteiger partial charge in [0.2, 0.25) is 0 Å². The first-order valence-electron chi connectivity index (χ1n) is 4.39. The van der Waals surface area contributed by atoms with Crippen molar-refractivity contribution in [3.05, 3.63) is 23.8 Å². The molecule has 82 valence electrons. The van der Waals surface area contributed by atoms with Gasteiger partial charge in [-0.1, -0.05) is 0 Å². The number of nitrogens with one attached hydrogen (secondary N) is 1. The van der Waals surface area contributed by atoms with Crippen LogP contribution in [0.4, 0.5) is 5.69 Å². The molecule has 1 aromatic carbocycles. The fraction of sp³-hybridized carbons (Fsp3) is 0.300.